The van der Waals surface area contributed by atoms with Crippen LogP contribution in [-0.2, 0) is 26.2 Å². The van der Waals surface area contributed by atoms with E-state index in [4.69, 9.17) is 4.74 Å². The van der Waals surface area contributed by atoms with Crippen molar-refractivity contribution in [2.24, 2.45) is 0 Å². The van der Waals surface area contributed by atoms with Crippen LogP contribution in [0.3, 0.4) is 0 Å². The maximum absolute atomic E-state index is 14.1. The molecule has 0 aliphatic heterocycles. The van der Waals surface area contributed by atoms with Crippen molar-refractivity contribution in [1.29, 1.82) is 0 Å². The van der Waals surface area contributed by atoms with Gasteiger partial charge >= 0.3 is 0 Å². The molecule has 3 aromatic rings. The van der Waals surface area contributed by atoms with Gasteiger partial charge < -0.3 is 15.0 Å². The molecule has 0 saturated carbocycles. The Bertz CT molecular complexity index is 1370. The molecule has 0 aliphatic carbocycles. The number of amides is 2. The van der Waals surface area contributed by atoms with E-state index in [-0.39, 0.29) is 17.3 Å². The number of aryl methyl sites for hydroxylation is 2. The molecule has 9 heteroatoms. The van der Waals surface area contributed by atoms with Crippen LogP contribution in [0.2, 0.25) is 0 Å². The second-order valence-corrected chi connectivity index (χ2v) is 11.6. The van der Waals surface area contributed by atoms with Gasteiger partial charge in [0.05, 0.1) is 17.7 Å². The summed E-state index contributed by atoms with van der Waals surface area (Å²) in [6.07, 6.45) is 1.12. The van der Waals surface area contributed by atoms with Crippen molar-refractivity contribution in [2.45, 2.75) is 58.0 Å². The van der Waals surface area contributed by atoms with E-state index >= 15 is 0 Å². The van der Waals surface area contributed by atoms with Crippen LogP contribution in [0.5, 0.6) is 5.75 Å². The highest BCUT2D eigenvalue weighted by Gasteiger charge is 2.33. The number of carbonyl (C=O) groups is 2. The zero-order valence-electron chi connectivity index (χ0n) is 23.9. The minimum Gasteiger partial charge on any atom is -0.497 e. The van der Waals surface area contributed by atoms with E-state index in [1.54, 1.807) is 49.6 Å². The van der Waals surface area contributed by atoms with E-state index in [0.717, 1.165) is 27.4 Å². The van der Waals surface area contributed by atoms with Gasteiger partial charge in [-0.25, -0.2) is 8.42 Å². The first kappa shape index (κ1) is 30.7. The van der Waals surface area contributed by atoms with Gasteiger partial charge in [-0.15, -0.1) is 0 Å². The van der Waals surface area contributed by atoms with Crippen molar-refractivity contribution >= 4 is 27.5 Å². The minimum absolute atomic E-state index is 0.0800. The number of methoxy groups -OCH3 is 1. The highest BCUT2D eigenvalue weighted by molar-refractivity contribution is 7.92. The fourth-order valence-corrected chi connectivity index (χ4v) is 5.98. The average molecular weight is 566 g/mol. The zero-order valence-corrected chi connectivity index (χ0v) is 24.7. The van der Waals surface area contributed by atoms with E-state index in [1.807, 2.05) is 45.9 Å². The Kier molecular flexibility index (Phi) is 10.7. The Labute approximate surface area is 238 Å². The topological polar surface area (TPSA) is 96.0 Å². The summed E-state index contributed by atoms with van der Waals surface area (Å²) in [5.74, 6) is -0.0765. The Hall–Kier alpha value is -3.85. The van der Waals surface area contributed by atoms with Gasteiger partial charge in [0.1, 0.15) is 18.3 Å². The van der Waals surface area contributed by atoms with Gasteiger partial charge in [-0.3, -0.25) is 13.9 Å². The minimum atomic E-state index is -4.10. The van der Waals surface area contributed by atoms with Crippen molar-refractivity contribution in [3.8, 4) is 5.75 Å². The first-order chi connectivity index (χ1) is 19.1. The number of rotatable bonds is 13. The summed E-state index contributed by atoms with van der Waals surface area (Å²) in [5.41, 5.74) is 2.93. The number of nitrogens with one attached hydrogen (secondary N) is 1. The van der Waals surface area contributed by atoms with Crippen molar-refractivity contribution in [2.75, 3.05) is 24.5 Å². The number of benzene rings is 3. The Balaban J connectivity index is 2.06. The number of hydrogen-bond acceptors (Lipinski definition) is 5. The van der Waals surface area contributed by atoms with Crippen LogP contribution in [-0.4, -0.2) is 51.4 Å². The van der Waals surface area contributed by atoms with Gasteiger partial charge in [-0.2, -0.15) is 0 Å². The second kappa shape index (κ2) is 14.0. The second-order valence-electron chi connectivity index (χ2n) is 9.76. The van der Waals surface area contributed by atoms with Gasteiger partial charge in [0, 0.05) is 13.1 Å². The molecule has 3 rings (SSSR count). The summed E-state index contributed by atoms with van der Waals surface area (Å²) in [7, 11) is -2.52. The predicted octanol–water partition coefficient (Wildman–Crippen LogP) is 4.84. The molecule has 0 aromatic heterocycles. The molecular formula is C31H39N3O5S. The van der Waals surface area contributed by atoms with Crippen LogP contribution in [0.25, 0.3) is 0 Å². The Morgan fingerprint density at radius 3 is 2.10 bits per heavy atom. The van der Waals surface area contributed by atoms with Crippen molar-refractivity contribution in [3.05, 3.63) is 89.5 Å². The molecule has 2 amide bonds. The third kappa shape index (κ3) is 7.63. The fourth-order valence-electron chi connectivity index (χ4n) is 4.56. The zero-order chi connectivity index (χ0) is 29.3. The molecule has 0 saturated heterocycles. The number of ether oxygens (including phenoxy) is 1. The lowest BCUT2D eigenvalue weighted by atomic mass is 10.1. The molecule has 0 radical (unpaired) electrons. The van der Waals surface area contributed by atoms with Crippen molar-refractivity contribution in [3.63, 3.8) is 0 Å². The molecule has 214 valence electrons. The lowest BCUT2D eigenvalue weighted by Gasteiger charge is -2.33. The summed E-state index contributed by atoms with van der Waals surface area (Å²) in [4.78, 5) is 28.8. The molecule has 3 aromatic carbocycles. The SMILES string of the molecule is CCCNC(=O)C(CC)N(Cc1ccc(OC)cc1)C(=O)CN(c1cc(C)cc(C)c1)S(=O)(=O)c1ccccc1. The van der Waals surface area contributed by atoms with Gasteiger partial charge in [0.15, 0.2) is 0 Å². The normalized spacial score (nSPS) is 11.9. The van der Waals surface area contributed by atoms with E-state index < -0.39 is 28.5 Å². The molecule has 0 heterocycles. The Morgan fingerprint density at radius 1 is 0.925 bits per heavy atom. The first-order valence-corrected chi connectivity index (χ1v) is 14.9. The number of nitrogens with zero attached hydrogens (tertiary/aromatic N) is 2. The van der Waals surface area contributed by atoms with Gasteiger partial charge in [-0.1, -0.05) is 50.2 Å². The molecule has 1 unspecified atom stereocenters. The van der Waals surface area contributed by atoms with Gasteiger partial charge in [-0.05, 0) is 79.8 Å². The maximum atomic E-state index is 14.1. The number of carbonyl (C=O) groups excluding carboxylic acids is 2. The maximum Gasteiger partial charge on any atom is 0.264 e. The van der Waals surface area contributed by atoms with Crippen LogP contribution in [0, 0.1) is 13.8 Å². The molecule has 8 nitrogen and oxygen atoms in total. The summed E-state index contributed by atoms with van der Waals surface area (Å²) in [6.45, 7) is 7.71. The predicted molar refractivity (Wildman–Crippen MR) is 158 cm³/mol. The quantitative estimate of drug-likeness (QED) is 0.320. The Morgan fingerprint density at radius 2 is 1.55 bits per heavy atom. The molecule has 0 fully saturated rings. The van der Waals surface area contributed by atoms with E-state index in [0.29, 0.717) is 24.4 Å². The summed E-state index contributed by atoms with van der Waals surface area (Å²) < 4.78 is 34.2. The van der Waals surface area contributed by atoms with Crippen LogP contribution in [0.1, 0.15) is 43.4 Å². The average Bonchev–Trinajstić information content (AvgIpc) is 2.94. The molecule has 40 heavy (non-hydrogen) atoms. The lowest BCUT2D eigenvalue weighted by molar-refractivity contribution is -0.140. The molecule has 0 spiro atoms. The molecular weight excluding hydrogens is 526 g/mol. The first-order valence-electron chi connectivity index (χ1n) is 13.5. The fraction of sp³-hybridized carbons (Fsp3) is 0.355. The molecule has 1 atom stereocenters. The number of hydrogen-bond donors (Lipinski definition) is 1. The smallest absolute Gasteiger partial charge is 0.264 e. The van der Waals surface area contributed by atoms with Crippen LogP contribution in [0.4, 0.5) is 5.69 Å². The van der Waals surface area contributed by atoms with Crippen LogP contribution >= 0.6 is 0 Å². The van der Waals surface area contributed by atoms with Crippen molar-refractivity contribution in [1.82, 2.24) is 10.2 Å². The van der Waals surface area contributed by atoms with E-state index in [1.165, 1.54) is 17.0 Å². The lowest BCUT2D eigenvalue weighted by Crippen LogP contribution is -2.52. The van der Waals surface area contributed by atoms with Gasteiger partial charge in [0.2, 0.25) is 11.8 Å². The summed E-state index contributed by atoms with van der Waals surface area (Å²) in [6, 6.07) is 20.0. The number of sulfonamides is 1. The largest absolute Gasteiger partial charge is 0.497 e. The van der Waals surface area contributed by atoms with E-state index in [9.17, 15) is 18.0 Å². The molecule has 0 aliphatic rings. The van der Waals surface area contributed by atoms with Gasteiger partial charge in [0.25, 0.3) is 10.0 Å². The number of anilines is 1. The molecule has 1 N–H and O–H groups in total. The highest BCUT2D eigenvalue weighted by atomic mass is 32.2. The summed E-state index contributed by atoms with van der Waals surface area (Å²) in [5, 5.41) is 2.89. The third-order valence-electron chi connectivity index (χ3n) is 6.55. The third-order valence-corrected chi connectivity index (χ3v) is 8.34. The van der Waals surface area contributed by atoms with E-state index in [2.05, 4.69) is 5.32 Å². The summed E-state index contributed by atoms with van der Waals surface area (Å²) >= 11 is 0. The van der Waals surface area contributed by atoms with Crippen LogP contribution in [0.15, 0.2) is 77.7 Å². The molecule has 0 bridgehead atoms. The standard InChI is InChI=1S/C31H39N3O5S/c1-6-17-32-31(36)29(7-2)33(21-25-13-15-27(39-5)16-14-25)30(35)22-34(26-19-23(3)18-24(4)20-26)40(37,38)28-11-9-8-10-12-28/h8-16,18-20,29H,6-7,17,21-22H2,1-5H3,(H,32,36). The van der Waals surface area contributed by atoms with Crippen molar-refractivity contribution < 1.29 is 22.7 Å². The van der Waals surface area contributed by atoms with Crippen LogP contribution < -0.4 is 14.4 Å². The highest BCUT2D eigenvalue weighted by Crippen LogP contribution is 2.27. The monoisotopic (exact) mass is 565 g/mol.